The van der Waals surface area contributed by atoms with Crippen LogP contribution in [0.25, 0.3) is 5.57 Å². The molecule has 0 spiro atoms. The molecule has 0 saturated carbocycles. The van der Waals surface area contributed by atoms with Crippen LogP contribution in [-0.4, -0.2) is 30.9 Å². The maximum atomic E-state index is 10.7. The van der Waals surface area contributed by atoms with Gasteiger partial charge in [-0.25, -0.2) is 0 Å². The van der Waals surface area contributed by atoms with Crippen molar-refractivity contribution < 1.29 is 19.4 Å². The molecule has 4 nitrogen and oxygen atoms in total. The van der Waals surface area contributed by atoms with E-state index in [4.69, 9.17) is 14.6 Å². The highest BCUT2D eigenvalue weighted by atomic mass is 16.5. The van der Waals surface area contributed by atoms with Gasteiger partial charge in [-0.15, -0.1) is 0 Å². The van der Waals surface area contributed by atoms with Crippen molar-refractivity contribution in [1.82, 2.24) is 0 Å². The molecule has 0 amide bonds. The number of benzene rings is 2. The fourth-order valence-electron chi connectivity index (χ4n) is 3.11. The van der Waals surface area contributed by atoms with Gasteiger partial charge in [-0.2, -0.15) is 0 Å². The van der Waals surface area contributed by atoms with Crippen LogP contribution in [0.15, 0.2) is 72.3 Å². The van der Waals surface area contributed by atoms with Gasteiger partial charge in [-0.3, -0.25) is 4.79 Å². The minimum atomic E-state index is -0.786. The van der Waals surface area contributed by atoms with E-state index in [0.717, 1.165) is 34.4 Å². The zero-order valence-electron chi connectivity index (χ0n) is 15.3. The van der Waals surface area contributed by atoms with Gasteiger partial charge in [0, 0.05) is 6.42 Å². The van der Waals surface area contributed by atoms with E-state index in [0.29, 0.717) is 26.2 Å². The van der Waals surface area contributed by atoms with Crippen LogP contribution in [0.2, 0.25) is 0 Å². The first-order valence-corrected chi connectivity index (χ1v) is 9.10. The first-order chi connectivity index (χ1) is 13.1. The lowest BCUT2D eigenvalue weighted by Crippen LogP contribution is -2.17. The monoisotopic (exact) mass is 364 g/mol. The summed E-state index contributed by atoms with van der Waals surface area (Å²) in [4.78, 5) is 10.7. The fraction of sp³-hybridized carbons (Fsp3) is 0.261. The summed E-state index contributed by atoms with van der Waals surface area (Å²) in [5.41, 5.74) is 5.47. The number of carboxylic acid groups (broad SMARTS) is 1. The molecule has 3 rings (SSSR count). The predicted molar refractivity (Wildman–Crippen MR) is 106 cm³/mol. The highest BCUT2D eigenvalue weighted by Gasteiger charge is 2.17. The van der Waals surface area contributed by atoms with E-state index in [2.05, 4.69) is 18.7 Å². The van der Waals surface area contributed by atoms with Crippen LogP contribution in [0.5, 0.6) is 5.75 Å². The second-order valence-electron chi connectivity index (χ2n) is 6.56. The number of hydrogen-bond acceptors (Lipinski definition) is 3. The average Bonchev–Trinajstić information content (AvgIpc) is 2.72. The maximum Gasteiger partial charge on any atom is 0.303 e. The van der Waals surface area contributed by atoms with Gasteiger partial charge in [0.1, 0.15) is 12.4 Å². The molecule has 0 fully saturated rings. The smallest absolute Gasteiger partial charge is 0.303 e. The van der Waals surface area contributed by atoms with Crippen molar-refractivity contribution in [3.63, 3.8) is 0 Å². The lowest BCUT2D eigenvalue weighted by Gasteiger charge is -2.23. The normalized spacial score (nSPS) is 14.1. The molecule has 4 heteroatoms. The van der Waals surface area contributed by atoms with Gasteiger partial charge in [-0.1, -0.05) is 49.0 Å². The van der Waals surface area contributed by atoms with Crippen LogP contribution in [-0.2, 0) is 16.0 Å². The van der Waals surface area contributed by atoms with Gasteiger partial charge in [0.2, 0.25) is 0 Å². The summed E-state index contributed by atoms with van der Waals surface area (Å²) in [7, 11) is 0. The molecular formula is C23H24O4. The van der Waals surface area contributed by atoms with Crippen molar-refractivity contribution in [2.45, 2.75) is 19.3 Å². The summed E-state index contributed by atoms with van der Waals surface area (Å²) >= 11 is 0. The summed E-state index contributed by atoms with van der Waals surface area (Å²) in [5, 5.41) is 8.76. The maximum absolute atomic E-state index is 10.7. The summed E-state index contributed by atoms with van der Waals surface area (Å²) in [6.45, 7) is 5.99. The van der Waals surface area contributed by atoms with Gasteiger partial charge in [0.25, 0.3) is 0 Å². The third-order valence-electron chi connectivity index (χ3n) is 4.65. The predicted octanol–water partition coefficient (Wildman–Crippen LogP) is 4.51. The molecule has 0 radical (unpaired) electrons. The van der Waals surface area contributed by atoms with Crippen LogP contribution < -0.4 is 4.74 Å². The lowest BCUT2D eigenvalue weighted by molar-refractivity contribution is -0.136. The standard InChI is InChI=1S/C23H24O4/c1-17(19-5-3-2-4-6-19)22-13-14-26-15-20(22)16-27-21-10-7-18(8-11-21)9-12-23(24)25/h2-8,10-11H,1,9,12-16H2,(H,24,25). The quantitative estimate of drug-likeness (QED) is 0.749. The molecule has 0 bridgehead atoms. The molecule has 0 saturated heterocycles. The zero-order valence-corrected chi connectivity index (χ0v) is 15.3. The van der Waals surface area contributed by atoms with Gasteiger partial charge in [0.05, 0.1) is 13.2 Å². The first-order valence-electron chi connectivity index (χ1n) is 9.10. The molecule has 1 N–H and O–H groups in total. The van der Waals surface area contributed by atoms with E-state index in [-0.39, 0.29) is 6.42 Å². The SMILES string of the molecule is C=C(C1=C(COc2ccc(CCC(=O)O)cc2)COCC1)c1ccccc1. The molecule has 0 atom stereocenters. The Balaban J connectivity index is 1.66. The largest absolute Gasteiger partial charge is 0.489 e. The highest BCUT2D eigenvalue weighted by Crippen LogP contribution is 2.29. The number of rotatable bonds is 8. The topological polar surface area (TPSA) is 55.8 Å². The van der Waals surface area contributed by atoms with Crippen molar-refractivity contribution in [1.29, 1.82) is 0 Å². The Bertz CT molecular complexity index is 819. The molecule has 140 valence electrons. The second-order valence-corrected chi connectivity index (χ2v) is 6.56. The van der Waals surface area contributed by atoms with E-state index in [1.165, 1.54) is 5.57 Å². The molecule has 2 aromatic rings. The Morgan fingerprint density at radius 1 is 1.11 bits per heavy atom. The van der Waals surface area contributed by atoms with Crippen molar-refractivity contribution in [2.24, 2.45) is 0 Å². The van der Waals surface area contributed by atoms with Crippen molar-refractivity contribution in [3.05, 3.63) is 83.4 Å². The highest BCUT2D eigenvalue weighted by molar-refractivity contribution is 5.78. The number of ether oxygens (including phenoxy) is 2. The van der Waals surface area contributed by atoms with E-state index in [1.807, 2.05) is 42.5 Å². The summed E-state index contributed by atoms with van der Waals surface area (Å²) < 4.78 is 11.6. The van der Waals surface area contributed by atoms with Crippen LogP contribution >= 0.6 is 0 Å². The minimum Gasteiger partial charge on any atom is -0.489 e. The average molecular weight is 364 g/mol. The van der Waals surface area contributed by atoms with Gasteiger partial charge >= 0.3 is 5.97 Å². The van der Waals surface area contributed by atoms with E-state index < -0.39 is 5.97 Å². The third kappa shape index (κ3) is 5.31. The van der Waals surface area contributed by atoms with Crippen LogP contribution in [0.1, 0.15) is 24.0 Å². The molecular weight excluding hydrogens is 340 g/mol. The lowest BCUT2D eigenvalue weighted by atomic mass is 9.92. The molecule has 2 aromatic carbocycles. The molecule has 0 aliphatic carbocycles. The molecule has 1 aliphatic heterocycles. The van der Waals surface area contributed by atoms with Gasteiger partial charge in [-0.05, 0) is 52.8 Å². The second kappa shape index (κ2) is 9.19. The number of carboxylic acids is 1. The van der Waals surface area contributed by atoms with E-state index >= 15 is 0 Å². The van der Waals surface area contributed by atoms with Crippen molar-refractivity contribution in [2.75, 3.05) is 19.8 Å². The van der Waals surface area contributed by atoms with Crippen LogP contribution in [0.4, 0.5) is 0 Å². The van der Waals surface area contributed by atoms with Crippen LogP contribution in [0, 0.1) is 0 Å². The third-order valence-corrected chi connectivity index (χ3v) is 4.65. The number of hydrogen-bond donors (Lipinski definition) is 1. The Morgan fingerprint density at radius 2 is 1.85 bits per heavy atom. The molecule has 27 heavy (non-hydrogen) atoms. The Kier molecular flexibility index (Phi) is 6.44. The molecule has 0 aromatic heterocycles. The zero-order chi connectivity index (χ0) is 19.1. The fourth-order valence-corrected chi connectivity index (χ4v) is 3.11. The summed E-state index contributed by atoms with van der Waals surface area (Å²) in [6, 6.07) is 17.8. The Labute approximate surface area is 159 Å². The Morgan fingerprint density at radius 3 is 2.56 bits per heavy atom. The number of aliphatic carboxylic acids is 1. The van der Waals surface area contributed by atoms with Crippen molar-refractivity contribution in [3.8, 4) is 5.75 Å². The van der Waals surface area contributed by atoms with Crippen LogP contribution in [0.3, 0.4) is 0 Å². The first kappa shape index (κ1) is 18.9. The molecule has 1 aliphatic rings. The minimum absolute atomic E-state index is 0.134. The summed E-state index contributed by atoms with van der Waals surface area (Å²) in [5.74, 6) is -0.0254. The number of allylic oxidation sites excluding steroid dienone is 1. The number of aryl methyl sites for hydroxylation is 1. The van der Waals surface area contributed by atoms with Crippen molar-refractivity contribution >= 4 is 11.5 Å². The molecule has 0 unspecified atom stereocenters. The van der Waals surface area contributed by atoms with Gasteiger partial charge < -0.3 is 14.6 Å². The number of carbonyl (C=O) groups is 1. The summed E-state index contributed by atoms with van der Waals surface area (Å²) in [6.07, 6.45) is 1.49. The Hall–Kier alpha value is -2.85. The molecule has 1 heterocycles. The van der Waals surface area contributed by atoms with Gasteiger partial charge in [0.15, 0.2) is 0 Å². The van der Waals surface area contributed by atoms with E-state index in [1.54, 1.807) is 0 Å². The van der Waals surface area contributed by atoms with E-state index in [9.17, 15) is 4.79 Å².